The highest BCUT2D eigenvalue weighted by molar-refractivity contribution is 5.79. The van der Waals surface area contributed by atoms with E-state index < -0.39 is 189 Å². The van der Waals surface area contributed by atoms with Crippen molar-refractivity contribution < 1.29 is 124 Å². The van der Waals surface area contributed by atoms with Gasteiger partial charge in [-0.15, -0.1) is 0 Å². The number of esters is 1. The van der Waals surface area contributed by atoms with Gasteiger partial charge in [0.2, 0.25) is 6.29 Å². The Balaban J connectivity index is 1.01. The molecule has 15 N–H and O–H groups in total. The predicted octanol–water partition coefficient (Wildman–Crippen LogP) is -2.97. The summed E-state index contributed by atoms with van der Waals surface area (Å²) < 4.78 is 47.2. The molecule has 9 rings (SSSR count). The van der Waals surface area contributed by atoms with Crippen LogP contribution in [0.2, 0.25) is 0 Å². The van der Waals surface area contributed by atoms with E-state index in [0.717, 1.165) is 5.57 Å². The number of hydrogen-bond donors (Lipinski definition) is 15. The van der Waals surface area contributed by atoms with Crippen LogP contribution in [-0.4, -0.2) is 244 Å². The number of aliphatic hydroxyl groups is 14. The lowest BCUT2D eigenvalue weighted by molar-refractivity contribution is -0.377. The van der Waals surface area contributed by atoms with Crippen LogP contribution in [0.3, 0.4) is 0 Å². The lowest BCUT2D eigenvalue weighted by atomic mass is 9.33. The third-order valence-corrected chi connectivity index (χ3v) is 21.5. The standard InChI is InChI=1S/C54H86O25/c1-49(2)13-15-54(16-14-51(4)22(23(54)17-49)7-8-28-50(3)11-10-30(58)53(6,47(69)70)29(50)9-12-52(28,51)5)48(71)79-45-40(68)41(77-43-38(66)35(63)31(59)24(18-55)73-43)34(62)27(76-45)21-72-46-42(37(65)33(61)26(20-57)75-46)78-44-39(67)36(64)32(60)25(19-56)74-44/h7,23-46,55-68H,8-21H2,1-6H3,(H,69,70)/t23-,24+,25+,26+,27+,28+,29+,30-,31+,32+,33-,34-,35-,36-,37-,38+,39+,40+,41-,42+,43-,44-,45-,46+,50+,51+,52+,53-,54-/m0/s1. The maximum absolute atomic E-state index is 15.5. The van der Waals surface area contributed by atoms with Crippen molar-refractivity contribution in [3.8, 4) is 0 Å². The lowest BCUT2D eigenvalue weighted by Crippen LogP contribution is -2.67. The zero-order valence-corrected chi connectivity index (χ0v) is 45.6. The fourth-order valence-corrected chi connectivity index (χ4v) is 16.3. The molecule has 9 aliphatic rings. The molecule has 5 aliphatic carbocycles. The van der Waals surface area contributed by atoms with Gasteiger partial charge in [-0.2, -0.15) is 0 Å². The largest absolute Gasteiger partial charge is 0.481 e. The van der Waals surface area contributed by atoms with E-state index in [2.05, 4.69) is 40.7 Å². The molecule has 0 bridgehead atoms. The summed E-state index contributed by atoms with van der Waals surface area (Å²) in [6.45, 7) is 9.34. The number of rotatable bonds is 13. The van der Waals surface area contributed by atoms with E-state index in [1.807, 2.05) is 0 Å². The second kappa shape index (κ2) is 22.4. The van der Waals surface area contributed by atoms with E-state index in [9.17, 15) is 81.4 Å². The van der Waals surface area contributed by atoms with Crippen molar-refractivity contribution in [3.63, 3.8) is 0 Å². The molecule has 4 saturated heterocycles. The van der Waals surface area contributed by atoms with Crippen molar-refractivity contribution in [2.24, 2.45) is 50.2 Å². The van der Waals surface area contributed by atoms with Gasteiger partial charge in [0.25, 0.3) is 0 Å². The fourth-order valence-electron chi connectivity index (χ4n) is 16.3. The maximum Gasteiger partial charge on any atom is 0.315 e. The highest BCUT2D eigenvalue weighted by Gasteiger charge is 2.71. The first-order valence-electron chi connectivity index (χ1n) is 28.0. The van der Waals surface area contributed by atoms with Crippen molar-refractivity contribution in [1.82, 2.24) is 0 Å². The van der Waals surface area contributed by atoms with Gasteiger partial charge in [-0.3, -0.25) is 9.59 Å². The Kier molecular flexibility index (Phi) is 17.4. The summed E-state index contributed by atoms with van der Waals surface area (Å²) in [4.78, 5) is 28.5. The first-order valence-corrected chi connectivity index (χ1v) is 28.0. The van der Waals surface area contributed by atoms with Gasteiger partial charge in [0, 0.05) is 0 Å². The number of carboxylic acid groups (broad SMARTS) is 1. The fraction of sp³-hybridized carbons (Fsp3) is 0.926. The minimum absolute atomic E-state index is 0.0585. The lowest BCUT2D eigenvalue weighted by Gasteiger charge is -2.71. The highest BCUT2D eigenvalue weighted by Crippen LogP contribution is 2.76. The highest BCUT2D eigenvalue weighted by atomic mass is 16.8. The molecule has 8 fully saturated rings. The number of carboxylic acids is 1. The Bertz CT molecular complexity index is 2220. The second-order valence-corrected chi connectivity index (χ2v) is 26.1. The molecule has 0 radical (unpaired) electrons. The average Bonchev–Trinajstić information content (AvgIpc) is 3.28. The van der Waals surface area contributed by atoms with Crippen LogP contribution >= 0.6 is 0 Å². The quantitative estimate of drug-likeness (QED) is 0.0647. The number of carbonyl (C=O) groups excluding carboxylic acids is 1. The normalized spacial score (nSPS) is 53.5. The molecular weight excluding hydrogens is 1050 g/mol. The van der Waals surface area contributed by atoms with E-state index in [-0.39, 0.29) is 28.6 Å². The first kappa shape index (κ1) is 61.4. The molecule has 452 valence electrons. The first-order chi connectivity index (χ1) is 37.0. The van der Waals surface area contributed by atoms with Gasteiger partial charge in [-0.05, 0) is 111 Å². The van der Waals surface area contributed by atoms with Crippen molar-refractivity contribution >= 4 is 11.9 Å². The van der Waals surface area contributed by atoms with Crippen molar-refractivity contribution in [1.29, 1.82) is 0 Å². The molecule has 29 atom stereocenters. The molecule has 0 aromatic carbocycles. The Morgan fingerprint density at radius 3 is 1.66 bits per heavy atom. The van der Waals surface area contributed by atoms with Crippen LogP contribution in [0.5, 0.6) is 0 Å². The number of ether oxygens (including phenoxy) is 8. The molecular formula is C54H86O25. The Morgan fingerprint density at radius 1 is 0.557 bits per heavy atom. The third-order valence-electron chi connectivity index (χ3n) is 21.5. The van der Waals surface area contributed by atoms with Gasteiger partial charge < -0.3 is 114 Å². The van der Waals surface area contributed by atoms with Crippen LogP contribution in [0, 0.1) is 50.2 Å². The molecule has 0 aromatic rings. The van der Waals surface area contributed by atoms with Crippen LogP contribution in [0.4, 0.5) is 0 Å². The van der Waals surface area contributed by atoms with Crippen molar-refractivity contribution in [3.05, 3.63) is 11.6 Å². The number of aliphatic carboxylic acids is 1. The topological polar surface area (TPSA) is 411 Å². The number of hydrogen-bond acceptors (Lipinski definition) is 24. The molecule has 4 saturated carbocycles. The summed E-state index contributed by atoms with van der Waals surface area (Å²) in [6.07, 6.45) is -30.3. The van der Waals surface area contributed by atoms with E-state index in [1.165, 1.54) is 0 Å². The summed E-state index contributed by atoms with van der Waals surface area (Å²) in [5.41, 5.74) is -2.84. The van der Waals surface area contributed by atoms with E-state index in [1.54, 1.807) is 6.92 Å². The maximum atomic E-state index is 15.5. The smallest absolute Gasteiger partial charge is 0.315 e. The van der Waals surface area contributed by atoms with Gasteiger partial charge in [-0.1, -0.05) is 46.3 Å². The van der Waals surface area contributed by atoms with E-state index in [4.69, 9.17) is 37.9 Å². The third kappa shape index (κ3) is 9.95. The monoisotopic (exact) mass is 1130 g/mol. The Hall–Kier alpha value is -2.16. The second-order valence-electron chi connectivity index (χ2n) is 26.1. The van der Waals surface area contributed by atoms with Crippen LogP contribution in [0.1, 0.15) is 106 Å². The summed E-state index contributed by atoms with van der Waals surface area (Å²) in [5, 5.41) is 162. The molecule has 25 heteroatoms. The van der Waals surface area contributed by atoms with Gasteiger partial charge >= 0.3 is 11.9 Å². The summed E-state index contributed by atoms with van der Waals surface area (Å²) >= 11 is 0. The Labute approximate surface area is 457 Å². The van der Waals surface area contributed by atoms with Crippen molar-refractivity contribution in [2.75, 3.05) is 26.4 Å². The Morgan fingerprint density at radius 2 is 1.09 bits per heavy atom. The molecule has 4 aliphatic heterocycles. The van der Waals surface area contributed by atoms with Gasteiger partial charge in [0.1, 0.15) is 97.7 Å². The predicted molar refractivity (Wildman–Crippen MR) is 265 cm³/mol. The average molecular weight is 1140 g/mol. The molecule has 0 spiro atoms. The number of carbonyl (C=O) groups is 2. The van der Waals surface area contributed by atoms with Crippen LogP contribution in [0.15, 0.2) is 11.6 Å². The summed E-state index contributed by atoms with van der Waals surface area (Å²) in [5.74, 6) is -2.32. The van der Waals surface area contributed by atoms with Crippen LogP contribution in [-0.2, 0) is 47.5 Å². The van der Waals surface area contributed by atoms with Crippen molar-refractivity contribution in [2.45, 2.75) is 235 Å². The summed E-state index contributed by atoms with van der Waals surface area (Å²) in [6, 6.07) is 0. The molecule has 4 heterocycles. The molecule has 0 amide bonds. The zero-order valence-electron chi connectivity index (χ0n) is 45.6. The number of fused-ring (bicyclic) bond motifs is 7. The zero-order chi connectivity index (χ0) is 57.9. The number of allylic oxidation sites excluding steroid dienone is 2. The van der Waals surface area contributed by atoms with E-state index in [0.29, 0.717) is 64.2 Å². The van der Waals surface area contributed by atoms with Crippen LogP contribution < -0.4 is 0 Å². The van der Waals surface area contributed by atoms with E-state index >= 15 is 4.79 Å². The molecule has 0 unspecified atom stereocenters. The number of aliphatic hydroxyl groups excluding tert-OH is 14. The SMILES string of the molecule is CC1(C)CC[C@]2(C(=O)O[C@@H]3O[C@H](CO[C@@H]4O[C@H](CO)[C@H](O)[C@H](O)[C@H]4O[C@@H]4O[C@H](CO)[C@@H](O)[C@H](O)[C@H]4O)[C@H](O)[C@H](O[C@@H]4O[C@H](CO)[C@@H](O)[C@H](O)[C@H]4O)[C@H]3O)CC[C@]3(C)C(=CC[C@@H]4[C@@]5(C)CC[C@H](O)[C@@](C)(C(=O)O)[C@@H]5CC[C@]43C)[C@@H]2C1. The molecule has 79 heavy (non-hydrogen) atoms. The minimum Gasteiger partial charge on any atom is -0.481 e. The van der Waals surface area contributed by atoms with Gasteiger partial charge in [0.05, 0.1) is 43.4 Å². The molecule has 25 nitrogen and oxygen atoms in total. The summed E-state index contributed by atoms with van der Waals surface area (Å²) in [7, 11) is 0. The minimum atomic E-state index is -2.08. The molecule has 0 aromatic heterocycles. The van der Waals surface area contributed by atoms with Gasteiger partial charge in [-0.25, -0.2) is 0 Å². The van der Waals surface area contributed by atoms with Crippen LogP contribution in [0.25, 0.3) is 0 Å². The van der Waals surface area contributed by atoms with Gasteiger partial charge in [0.15, 0.2) is 18.9 Å².